The van der Waals surface area contributed by atoms with Crippen molar-refractivity contribution in [2.24, 2.45) is 23.5 Å². The number of nitrogens with zero attached hydrogens (tertiary/aromatic N) is 1. The molecule has 0 aromatic heterocycles. The van der Waals surface area contributed by atoms with Crippen LogP contribution in [0.3, 0.4) is 0 Å². The Balaban J connectivity index is 1.73. The molecule has 1 amide bonds. The monoisotopic (exact) mass is 853 g/mol. The first-order valence-electron chi connectivity index (χ1n) is 22.6. The van der Waals surface area contributed by atoms with Crippen molar-refractivity contribution in [1.29, 1.82) is 0 Å². The summed E-state index contributed by atoms with van der Waals surface area (Å²) < 4.78 is 17.7. The van der Waals surface area contributed by atoms with Gasteiger partial charge in [0.2, 0.25) is 5.79 Å². The van der Waals surface area contributed by atoms with E-state index in [4.69, 9.17) is 19.9 Å². The molecule has 8 atom stereocenters. The summed E-state index contributed by atoms with van der Waals surface area (Å²) in [7, 11) is 1.57. The number of likely N-dealkylation sites (tertiary alicyclic amines) is 1. The van der Waals surface area contributed by atoms with Crippen LogP contribution in [0.2, 0.25) is 0 Å². The lowest BCUT2D eigenvalue weighted by Crippen LogP contribution is -2.60. The van der Waals surface area contributed by atoms with Crippen molar-refractivity contribution in [2.45, 2.75) is 186 Å². The molecule has 1 aliphatic carbocycles. The van der Waals surface area contributed by atoms with Crippen molar-refractivity contribution in [3.8, 4) is 11.8 Å². The second kappa shape index (κ2) is 25.0. The van der Waals surface area contributed by atoms with Crippen LogP contribution in [0, 0.1) is 29.6 Å². The third-order valence-corrected chi connectivity index (χ3v) is 12.7. The number of piperidine rings is 1. The largest absolute Gasteiger partial charge is 0.492 e. The van der Waals surface area contributed by atoms with Gasteiger partial charge in [-0.05, 0) is 115 Å². The fraction of sp³-hybridized carbons (Fsp3) is 0.714. The number of ketones is 3. The Morgan fingerprint density at radius 1 is 1.05 bits per heavy atom. The molecule has 2 saturated heterocycles. The fourth-order valence-electron chi connectivity index (χ4n) is 8.62. The second-order valence-electron chi connectivity index (χ2n) is 18.3. The summed E-state index contributed by atoms with van der Waals surface area (Å²) in [4.78, 5) is 55.9. The van der Waals surface area contributed by atoms with E-state index in [0.29, 0.717) is 95.7 Å². The van der Waals surface area contributed by atoms with Crippen LogP contribution in [-0.4, -0.2) is 106 Å². The summed E-state index contributed by atoms with van der Waals surface area (Å²) in [5, 5.41) is 32.7. The zero-order valence-electron chi connectivity index (χ0n) is 38.1. The van der Waals surface area contributed by atoms with Crippen molar-refractivity contribution in [3.05, 3.63) is 47.8 Å². The highest BCUT2D eigenvalue weighted by Gasteiger charge is 2.52. The van der Waals surface area contributed by atoms with Crippen LogP contribution in [0.15, 0.2) is 47.8 Å². The average molecular weight is 853 g/mol. The van der Waals surface area contributed by atoms with Crippen LogP contribution < -0.4 is 5.73 Å². The Bertz CT molecular complexity index is 1640. The van der Waals surface area contributed by atoms with Gasteiger partial charge in [-0.15, -0.1) is 0 Å². The summed E-state index contributed by atoms with van der Waals surface area (Å²) in [5.74, 6) is 0.418. The lowest BCUT2D eigenvalue weighted by atomic mass is 9.74. The topological polar surface area (TPSA) is 186 Å². The van der Waals surface area contributed by atoms with Gasteiger partial charge in [0.25, 0.3) is 11.7 Å². The number of amides is 1. The van der Waals surface area contributed by atoms with E-state index < -0.39 is 65.3 Å². The van der Waals surface area contributed by atoms with Gasteiger partial charge in [-0.1, -0.05) is 63.0 Å². The summed E-state index contributed by atoms with van der Waals surface area (Å²) in [6.07, 6.45) is 12.6. The Hall–Kier alpha value is -3.44. The molecule has 61 heavy (non-hydrogen) atoms. The molecule has 2 heterocycles. The zero-order chi connectivity index (χ0) is 45.3. The van der Waals surface area contributed by atoms with Gasteiger partial charge in [-0.25, -0.2) is 0 Å². The van der Waals surface area contributed by atoms with Crippen molar-refractivity contribution >= 4 is 23.3 Å². The maximum Gasteiger partial charge on any atom is 0.296 e. The van der Waals surface area contributed by atoms with E-state index in [1.165, 1.54) is 10.5 Å². The molecular weight excluding hydrogens is 777 g/mol. The summed E-state index contributed by atoms with van der Waals surface area (Å²) >= 11 is 0. The predicted octanol–water partition coefficient (Wildman–Crippen LogP) is 6.59. The fourth-order valence-corrected chi connectivity index (χ4v) is 8.62. The lowest BCUT2D eigenvalue weighted by molar-refractivity contribution is -0.264. The molecule has 0 spiro atoms. The van der Waals surface area contributed by atoms with Gasteiger partial charge >= 0.3 is 0 Å². The molecule has 3 rings (SSSR count). The average Bonchev–Trinajstić information content (AvgIpc) is 3.22. The maximum absolute atomic E-state index is 14.0. The molecular formula is C49H76N2O10. The third-order valence-electron chi connectivity index (χ3n) is 12.7. The minimum absolute atomic E-state index is 0.0169. The van der Waals surface area contributed by atoms with E-state index in [1.54, 1.807) is 40.0 Å². The summed E-state index contributed by atoms with van der Waals surface area (Å²) in [5.41, 5.74) is 8.02. The molecule has 342 valence electrons. The second-order valence-corrected chi connectivity index (χ2v) is 18.3. The molecule has 3 fully saturated rings. The number of carbonyl (C=O) groups is 4. The van der Waals surface area contributed by atoms with E-state index >= 15 is 0 Å². The Labute approximate surface area is 365 Å². The lowest BCUT2D eigenvalue weighted by Gasteiger charge is -2.43. The number of ether oxygens (including phenoxy) is 3. The number of rotatable bonds is 22. The zero-order valence-corrected chi connectivity index (χ0v) is 38.1. The summed E-state index contributed by atoms with van der Waals surface area (Å²) in [6.45, 7) is 16.1. The molecule has 1 unspecified atom stereocenters. The van der Waals surface area contributed by atoms with Gasteiger partial charge in [0.1, 0.15) is 23.4 Å². The summed E-state index contributed by atoms with van der Waals surface area (Å²) in [6, 6.07) is -0.679. The van der Waals surface area contributed by atoms with Gasteiger partial charge in [0.15, 0.2) is 0 Å². The molecule has 0 bridgehead atoms. The van der Waals surface area contributed by atoms with Crippen LogP contribution in [0.5, 0.6) is 0 Å². The highest BCUT2D eigenvalue weighted by atomic mass is 16.6. The van der Waals surface area contributed by atoms with E-state index in [1.807, 2.05) is 32.9 Å². The van der Waals surface area contributed by atoms with Crippen LogP contribution in [0.25, 0.3) is 0 Å². The first-order valence-corrected chi connectivity index (χ1v) is 22.6. The molecule has 5 N–H and O–H groups in total. The Kier molecular flexibility index (Phi) is 21.3. The number of carbonyl (C=O) groups excluding carboxylic acids is 4. The molecule has 0 radical (unpaired) electrons. The number of allylic oxidation sites excluding steroid dienone is 5. The standard InChI is InChI=1S/C49H76N2O10/c1-33(2)17-13-11-9-10-12-14-18-40(53)30-43(54)34(3)29-35(4)44(55)31-45(36(5)32-48(50)25-22-39(52)23-26-48)60-38(7)42-19-15-16-27-51(42)47(57)46(56)49(58)37(6)20-21-41(61-49)24-28-59-8/h11,13,17,29,35-37,39,41-43,45,52,54,58H,7,12,14-16,18-28,30-32,50H2,1-6,8H3/b13-11+,34-29+/t35-,36-,37-,39-,41+,42?,43+,45+,48+,49-/m1/s1. The number of aliphatic hydroxyl groups is 3. The molecule has 3 aliphatic rings. The molecule has 2 aliphatic heterocycles. The van der Waals surface area contributed by atoms with E-state index in [0.717, 1.165) is 6.42 Å². The molecule has 12 heteroatoms. The normalized spacial score (nSPS) is 27.9. The highest BCUT2D eigenvalue weighted by Crippen LogP contribution is 2.37. The Morgan fingerprint density at radius 3 is 2.43 bits per heavy atom. The smallest absolute Gasteiger partial charge is 0.296 e. The molecule has 12 nitrogen and oxygen atoms in total. The number of nitrogens with two attached hydrogens (primary N) is 1. The Morgan fingerprint density at radius 2 is 1.75 bits per heavy atom. The van der Waals surface area contributed by atoms with Crippen LogP contribution in [0.4, 0.5) is 0 Å². The molecule has 0 aromatic rings. The molecule has 1 saturated carbocycles. The molecule has 0 aromatic carbocycles. The van der Waals surface area contributed by atoms with E-state index in [2.05, 4.69) is 18.4 Å². The van der Waals surface area contributed by atoms with Crippen molar-refractivity contribution < 1.29 is 48.7 Å². The van der Waals surface area contributed by atoms with Crippen molar-refractivity contribution in [1.82, 2.24) is 4.90 Å². The number of aliphatic hydroxyl groups excluding tert-OH is 2. The highest BCUT2D eigenvalue weighted by molar-refractivity contribution is 6.39. The van der Waals surface area contributed by atoms with Gasteiger partial charge in [-0.3, -0.25) is 19.2 Å². The van der Waals surface area contributed by atoms with Crippen LogP contribution in [0.1, 0.15) is 144 Å². The number of Topliss-reactive ketones (excluding diaryl/α,β-unsaturated/α-hetero) is 3. The van der Waals surface area contributed by atoms with Gasteiger partial charge in [-0.2, -0.15) is 0 Å². The number of methoxy groups -OCH3 is 1. The maximum atomic E-state index is 14.0. The first kappa shape index (κ1) is 51.9. The van der Waals surface area contributed by atoms with E-state index in [9.17, 15) is 34.5 Å². The van der Waals surface area contributed by atoms with E-state index in [-0.39, 0.29) is 42.6 Å². The van der Waals surface area contributed by atoms with Gasteiger partial charge in [0, 0.05) is 63.3 Å². The van der Waals surface area contributed by atoms with Gasteiger partial charge < -0.3 is 40.2 Å². The minimum Gasteiger partial charge on any atom is -0.492 e. The SMILES string of the molecule is C=C(O[C@@H](CC(=O)[C@H](C)/C=C(\C)[C@@H](O)CC(=O)CCCC#C/C=C/C=C(C)C)[C@H](C)C[C@]1(N)CC[C@@H](O)CC1)C1CCCCN1C(=O)C(=O)[C@]1(O)O[C@H](CCOC)CC[C@H]1C. The number of hydrogen-bond donors (Lipinski definition) is 4. The predicted molar refractivity (Wildman–Crippen MR) is 237 cm³/mol. The number of hydrogen-bond acceptors (Lipinski definition) is 11. The quantitative estimate of drug-likeness (QED) is 0.0230. The number of unbranched alkanes of at least 4 members (excludes halogenated alkanes) is 1. The third kappa shape index (κ3) is 16.3. The van der Waals surface area contributed by atoms with Crippen molar-refractivity contribution in [2.75, 3.05) is 20.3 Å². The minimum atomic E-state index is -2.27. The van der Waals surface area contributed by atoms with Crippen molar-refractivity contribution in [3.63, 3.8) is 0 Å². The first-order chi connectivity index (χ1) is 28.8. The van der Waals surface area contributed by atoms with Gasteiger partial charge in [0.05, 0.1) is 24.4 Å². The van der Waals surface area contributed by atoms with Crippen LogP contribution >= 0.6 is 0 Å². The van der Waals surface area contributed by atoms with Crippen LogP contribution in [-0.2, 0) is 33.4 Å².